The molecule has 1 aromatic rings. The van der Waals surface area contributed by atoms with Crippen LogP contribution in [0, 0.1) is 5.92 Å². The average Bonchev–Trinajstić information content (AvgIpc) is 2.54. The SMILES string of the molecule is O=C(NCC1CNC1)c1ccc(S(=O)(=O)N2CCOCC2)cc1. The third-order valence-corrected chi connectivity index (χ3v) is 6.05. The highest BCUT2D eigenvalue weighted by molar-refractivity contribution is 7.89. The van der Waals surface area contributed by atoms with Crippen molar-refractivity contribution in [1.29, 1.82) is 0 Å². The van der Waals surface area contributed by atoms with Gasteiger partial charge >= 0.3 is 0 Å². The molecule has 126 valence electrons. The largest absolute Gasteiger partial charge is 0.379 e. The maximum atomic E-state index is 12.5. The predicted octanol–water partition coefficient (Wildman–Crippen LogP) is -0.343. The molecule has 0 unspecified atom stereocenters. The fourth-order valence-electron chi connectivity index (χ4n) is 2.55. The van der Waals surface area contributed by atoms with E-state index < -0.39 is 10.0 Å². The normalized spacial score (nSPS) is 20.0. The maximum Gasteiger partial charge on any atom is 0.251 e. The Bertz CT molecular complexity index is 650. The van der Waals surface area contributed by atoms with Crippen molar-refractivity contribution in [3.63, 3.8) is 0 Å². The van der Waals surface area contributed by atoms with Crippen molar-refractivity contribution in [2.45, 2.75) is 4.90 Å². The minimum absolute atomic E-state index is 0.174. The zero-order valence-electron chi connectivity index (χ0n) is 12.8. The van der Waals surface area contributed by atoms with Gasteiger partial charge < -0.3 is 15.4 Å². The molecule has 3 rings (SSSR count). The van der Waals surface area contributed by atoms with Gasteiger partial charge in [-0.25, -0.2) is 8.42 Å². The molecule has 2 saturated heterocycles. The molecule has 0 atom stereocenters. The topological polar surface area (TPSA) is 87.7 Å². The monoisotopic (exact) mass is 339 g/mol. The first-order valence-electron chi connectivity index (χ1n) is 7.74. The van der Waals surface area contributed by atoms with Crippen molar-refractivity contribution in [3.8, 4) is 0 Å². The van der Waals surface area contributed by atoms with Gasteiger partial charge in [-0.15, -0.1) is 0 Å². The first kappa shape index (κ1) is 16.4. The first-order valence-corrected chi connectivity index (χ1v) is 9.18. The van der Waals surface area contributed by atoms with Gasteiger partial charge in [0.2, 0.25) is 10.0 Å². The number of nitrogens with zero attached hydrogens (tertiary/aromatic N) is 1. The third kappa shape index (κ3) is 3.72. The van der Waals surface area contributed by atoms with Crippen LogP contribution < -0.4 is 10.6 Å². The Labute approximate surface area is 136 Å². The summed E-state index contributed by atoms with van der Waals surface area (Å²) in [4.78, 5) is 12.3. The van der Waals surface area contributed by atoms with Crippen molar-refractivity contribution in [1.82, 2.24) is 14.9 Å². The van der Waals surface area contributed by atoms with Crippen LogP contribution in [0.25, 0.3) is 0 Å². The second-order valence-corrected chi connectivity index (χ2v) is 7.71. The van der Waals surface area contributed by atoms with E-state index in [0.29, 0.717) is 44.3 Å². The van der Waals surface area contributed by atoms with E-state index in [1.54, 1.807) is 12.1 Å². The van der Waals surface area contributed by atoms with Crippen molar-refractivity contribution < 1.29 is 17.9 Å². The number of carbonyl (C=O) groups excluding carboxylic acids is 1. The molecule has 7 nitrogen and oxygen atoms in total. The summed E-state index contributed by atoms with van der Waals surface area (Å²) >= 11 is 0. The zero-order valence-corrected chi connectivity index (χ0v) is 13.6. The molecule has 0 bridgehead atoms. The van der Waals surface area contributed by atoms with Gasteiger partial charge in [0.1, 0.15) is 0 Å². The minimum atomic E-state index is -3.51. The summed E-state index contributed by atoms with van der Waals surface area (Å²) in [6.45, 7) is 4.04. The van der Waals surface area contributed by atoms with Crippen molar-refractivity contribution in [3.05, 3.63) is 29.8 Å². The number of ether oxygens (including phenoxy) is 1. The highest BCUT2D eigenvalue weighted by Gasteiger charge is 2.26. The lowest BCUT2D eigenvalue weighted by atomic mass is 10.0. The lowest BCUT2D eigenvalue weighted by molar-refractivity contribution is 0.0730. The lowest BCUT2D eigenvalue weighted by Gasteiger charge is -2.27. The van der Waals surface area contributed by atoms with E-state index in [-0.39, 0.29) is 10.8 Å². The van der Waals surface area contributed by atoms with E-state index >= 15 is 0 Å². The molecule has 8 heteroatoms. The molecule has 0 aromatic heterocycles. The number of sulfonamides is 1. The molecule has 2 aliphatic rings. The smallest absolute Gasteiger partial charge is 0.251 e. The maximum absolute atomic E-state index is 12.5. The molecule has 0 aliphatic carbocycles. The van der Waals surface area contributed by atoms with Crippen LogP contribution in [-0.2, 0) is 14.8 Å². The van der Waals surface area contributed by atoms with Crippen LogP contribution in [0.3, 0.4) is 0 Å². The molecule has 1 aromatic carbocycles. The Morgan fingerprint density at radius 2 is 1.87 bits per heavy atom. The fourth-order valence-corrected chi connectivity index (χ4v) is 3.95. The van der Waals surface area contributed by atoms with Crippen LogP contribution in [-0.4, -0.2) is 64.6 Å². The highest BCUT2D eigenvalue weighted by atomic mass is 32.2. The van der Waals surface area contributed by atoms with Gasteiger partial charge in [0.25, 0.3) is 5.91 Å². The standard InChI is InChI=1S/C15H21N3O4S/c19-15(17-11-12-9-16-10-12)13-1-3-14(4-2-13)23(20,21)18-5-7-22-8-6-18/h1-4,12,16H,5-11H2,(H,17,19). The fraction of sp³-hybridized carbons (Fsp3) is 0.533. The van der Waals surface area contributed by atoms with Crippen LogP contribution in [0.2, 0.25) is 0 Å². The lowest BCUT2D eigenvalue weighted by Crippen LogP contribution is -2.48. The average molecular weight is 339 g/mol. The number of hydrogen-bond acceptors (Lipinski definition) is 5. The summed E-state index contributed by atoms with van der Waals surface area (Å²) in [5, 5.41) is 6.02. The number of hydrogen-bond donors (Lipinski definition) is 2. The van der Waals surface area contributed by atoms with Crippen LogP contribution in [0.15, 0.2) is 29.2 Å². The predicted molar refractivity (Wildman–Crippen MR) is 84.7 cm³/mol. The number of amides is 1. The van der Waals surface area contributed by atoms with E-state index in [0.717, 1.165) is 13.1 Å². The number of rotatable bonds is 5. The molecule has 1 amide bonds. The second kappa shape index (κ2) is 6.96. The van der Waals surface area contributed by atoms with Gasteiger partial charge in [-0.3, -0.25) is 4.79 Å². The summed E-state index contributed by atoms with van der Waals surface area (Å²) in [6, 6.07) is 6.10. The molecule has 2 fully saturated rings. The molecule has 2 heterocycles. The van der Waals surface area contributed by atoms with Gasteiger partial charge in [-0.2, -0.15) is 4.31 Å². The van der Waals surface area contributed by atoms with Crippen LogP contribution in [0.4, 0.5) is 0 Å². The Morgan fingerprint density at radius 1 is 1.22 bits per heavy atom. The van der Waals surface area contributed by atoms with Gasteiger partial charge in [0, 0.05) is 44.2 Å². The highest BCUT2D eigenvalue weighted by Crippen LogP contribution is 2.17. The van der Waals surface area contributed by atoms with Gasteiger partial charge in [0.05, 0.1) is 18.1 Å². The molecule has 0 radical (unpaired) electrons. The van der Waals surface area contributed by atoms with Crippen LogP contribution in [0.5, 0.6) is 0 Å². The van der Waals surface area contributed by atoms with E-state index in [1.807, 2.05) is 0 Å². The Kier molecular flexibility index (Phi) is 4.96. The zero-order chi connectivity index (χ0) is 16.3. The summed E-state index contributed by atoms with van der Waals surface area (Å²) in [5.74, 6) is 0.312. The Hall–Kier alpha value is -1.48. The Balaban J connectivity index is 1.64. The minimum Gasteiger partial charge on any atom is -0.379 e. The quantitative estimate of drug-likeness (QED) is 0.766. The number of morpholine rings is 1. The number of carbonyl (C=O) groups is 1. The number of benzene rings is 1. The van der Waals surface area contributed by atoms with Crippen molar-refractivity contribution >= 4 is 15.9 Å². The molecule has 2 aliphatic heterocycles. The van der Waals surface area contributed by atoms with Crippen molar-refractivity contribution in [2.24, 2.45) is 5.92 Å². The molecular formula is C15H21N3O4S. The molecule has 2 N–H and O–H groups in total. The van der Waals surface area contributed by atoms with Crippen LogP contribution in [0.1, 0.15) is 10.4 Å². The molecular weight excluding hydrogens is 318 g/mol. The Morgan fingerprint density at radius 3 is 2.43 bits per heavy atom. The molecule has 23 heavy (non-hydrogen) atoms. The van der Waals surface area contributed by atoms with E-state index in [2.05, 4.69) is 10.6 Å². The third-order valence-electron chi connectivity index (χ3n) is 4.14. The molecule has 0 saturated carbocycles. The summed E-state index contributed by atoms with van der Waals surface area (Å²) in [7, 11) is -3.51. The summed E-state index contributed by atoms with van der Waals surface area (Å²) in [6.07, 6.45) is 0. The summed E-state index contributed by atoms with van der Waals surface area (Å²) in [5.41, 5.74) is 0.471. The van der Waals surface area contributed by atoms with Gasteiger partial charge in [0.15, 0.2) is 0 Å². The number of nitrogens with one attached hydrogen (secondary N) is 2. The summed E-state index contributed by atoms with van der Waals surface area (Å²) < 4.78 is 31.6. The van der Waals surface area contributed by atoms with E-state index in [1.165, 1.54) is 16.4 Å². The van der Waals surface area contributed by atoms with E-state index in [9.17, 15) is 13.2 Å². The second-order valence-electron chi connectivity index (χ2n) is 5.78. The van der Waals surface area contributed by atoms with Crippen molar-refractivity contribution in [2.75, 3.05) is 45.9 Å². The molecule has 0 spiro atoms. The van der Waals surface area contributed by atoms with Gasteiger partial charge in [-0.05, 0) is 24.3 Å². The van der Waals surface area contributed by atoms with E-state index in [4.69, 9.17) is 4.74 Å². The van der Waals surface area contributed by atoms with Crippen LogP contribution >= 0.6 is 0 Å². The van der Waals surface area contributed by atoms with Gasteiger partial charge in [-0.1, -0.05) is 0 Å². The first-order chi connectivity index (χ1) is 11.1.